The molecule has 70 valence electrons. The molecular weight excluding hydrogens is 184 g/mol. The van der Waals surface area contributed by atoms with E-state index in [2.05, 4.69) is 5.32 Å². The Balaban J connectivity index is 2.37. The number of hydrogen-bond donors (Lipinski definition) is 2. The molecule has 0 aromatic heterocycles. The van der Waals surface area contributed by atoms with Crippen molar-refractivity contribution in [1.29, 1.82) is 0 Å². The van der Waals surface area contributed by atoms with Crippen molar-refractivity contribution in [3.63, 3.8) is 0 Å². The fourth-order valence-electron chi connectivity index (χ4n) is 1.66. The molecule has 0 aliphatic carbocycles. The molecule has 0 amide bonds. The van der Waals surface area contributed by atoms with Gasteiger partial charge in [0.05, 0.1) is 0 Å². The van der Waals surface area contributed by atoms with Crippen LogP contribution in [0.4, 0.5) is 0 Å². The summed E-state index contributed by atoms with van der Waals surface area (Å²) >= 11 is -1.28. The lowest BCUT2D eigenvalue weighted by molar-refractivity contribution is 0.556. The first kappa shape index (κ1) is 9.02. The van der Waals surface area contributed by atoms with Gasteiger partial charge in [0, 0.05) is 30.0 Å². The Kier molecular flexibility index (Phi) is 2.55. The first-order valence-electron chi connectivity index (χ1n) is 4.22. The maximum atomic E-state index is 11.2. The van der Waals surface area contributed by atoms with Crippen molar-refractivity contribution in [2.75, 3.05) is 6.54 Å². The summed E-state index contributed by atoms with van der Waals surface area (Å²) in [7, 11) is 0. The van der Waals surface area contributed by atoms with Gasteiger partial charge in [-0.15, -0.1) is 0 Å². The molecule has 1 heterocycles. The van der Waals surface area contributed by atoms with E-state index in [0.717, 1.165) is 12.1 Å². The third-order valence-electron chi connectivity index (χ3n) is 2.33. The molecule has 0 saturated carbocycles. The van der Waals surface area contributed by atoms with E-state index in [-0.39, 0.29) is 5.25 Å². The molecule has 0 fully saturated rings. The Hall–Kier alpha value is -0.550. The van der Waals surface area contributed by atoms with Crippen LogP contribution in [0.1, 0.15) is 16.4 Å². The molecule has 13 heavy (non-hydrogen) atoms. The predicted molar refractivity (Wildman–Crippen MR) is 53.2 cm³/mol. The number of fused-ring (bicyclic) bond motifs is 1. The van der Waals surface area contributed by atoms with Crippen LogP contribution in [-0.4, -0.2) is 11.1 Å². The average Bonchev–Trinajstić information content (AvgIpc) is 2.17. The van der Waals surface area contributed by atoms with Crippen molar-refractivity contribution in [2.45, 2.75) is 11.8 Å². The van der Waals surface area contributed by atoms with E-state index >= 15 is 0 Å². The van der Waals surface area contributed by atoms with Gasteiger partial charge in [-0.3, -0.25) is 0 Å². The van der Waals surface area contributed by atoms with Crippen LogP contribution in [-0.2, 0) is 17.9 Å². The van der Waals surface area contributed by atoms with Crippen molar-refractivity contribution in [2.24, 2.45) is 5.14 Å². The summed E-state index contributed by atoms with van der Waals surface area (Å²) in [6, 6.07) is 8.00. The standard InChI is InChI=1S/C9H12N2OS/c10-13(12)9-6-11-5-7-3-1-2-4-8(7)9/h1-4,9,11H,5-6,10H2. The molecular formula is C9H12N2OS. The van der Waals surface area contributed by atoms with Gasteiger partial charge in [0.1, 0.15) is 0 Å². The molecule has 1 aromatic carbocycles. The lowest BCUT2D eigenvalue weighted by Crippen LogP contribution is -2.35. The second-order valence-electron chi connectivity index (χ2n) is 3.15. The fraction of sp³-hybridized carbons (Fsp3) is 0.333. The molecule has 2 rings (SSSR count). The van der Waals surface area contributed by atoms with Crippen LogP contribution in [0.5, 0.6) is 0 Å². The smallest absolute Gasteiger partial charge is 0.172 e. The lowest BCUT2D eigenvalue weighted by atomic mass is 10.0. The van der Waals surface area contributed by atoms with Crippen molar-refractivity contribution >= 4 is 11.4 Å². The highest BCUT2D eigenvalue weighted by Crippen LogP contribution is 2.26. The maximum absolute atomic E-state index is 11.2. The van der Waals surface area contributed by atoms with E-state index in [9.17, 15) is 4.55 Å². The molecule has 3 N–H and O–H groups in total. The highest BCUT2D eigenvalue weighted by atomic mass is 32.2. The fourth-order valence-corrected chi connectivity index (χ4v) is 2.43. The Morgan fingerprint density at radius 1 is 1.46 bits per heavy atom. The first-order chi connectivity index (χ1) is 6.29. The zero-order chi connectivity index (χ0) is 9.26. The number of hydrogen-bond acceptors (Lipinski definition) is 3. The molecule has 2 unspecified atom stereocenters. The molecule has 3 nitrogen and oxygen atoms in total. The summed E-state index contributed by atoms with van der Waals surface area (Å²) < 4.78 is 11.2. The Morgan fingerprint density at radius 3 is 3.00 bits per heavy atom. The monoisotopic (exact) mass is 196 g/mol. The quantitative estimate of drug-likeness (QED) is 0.641. The third-order valence-corrected chi connectivity index (χ3v) is 3.31. The SMILES string of the molecule is N[S+]([O-])C1CNCc2ccccc21. The molecule has 4 heteroatoms. The van der Waals surface area contributed by atoms with Crippen molar-refractivity contribution in [3.05, 3.63) is 35.4 Å². The summed E-state index contributed by atoms with van der Waals surface area (Å²) in [6.45, 7) is 1.56. The normalized spacial score (nSPS) is 23.7. The molecule has 0 bridgehead atoms. The van der Waals surface area contributed by atoms with Crippen molar-refractivity contribution in [3.8, 4) is 0 Å². The number of nitrogens with two attached hydrogens (primary N) is 1. The van der Waals surface area contributed by atoms with E-state index < -0.39 is 11.4 Å². The maximum Gasteiger partial charge on any atom is 0.172 e. The van der Waals surface area contributed by atoms with E-state index in [1.54, 1.807) is 0 Å². The average molecular weight is 196 g/mol. The summed E-state index contributed by atoms with van der Waals surface area (Å²) in [4.78, 5) is 0. The van der Waals surface area contributed by atoms with Gasteiger partial charge >= 0.3 is 0 Å². The molecule has 0 saturated heterocycles. The molecule has 0 radical (unpaired) electrons. The van der Waals surface area contributed by atoms with Gasteiger partial charge in [-0.05, 0) is 5.56 Å². The lowest BCUT2D eigenvalue weighted by Gasteiger charge is -2.25. The van der Waals surface area contributed by atoms with Gasteiger partial charge in [-0.2, -0.15) is 5.14 Å². The van der Waals surface area contributed by atoms with Crippen LogP contribution in [0, 0.1) is 0 Å². The zero-order valence-electron chi connectivity index (χ0n) is 7.19. The number of benzene rings is 1. The molecule has 0 spiro atoms. The van der Waals surface area contributed by atoms with Crippen molar-refractivity contribution in [1.82, 2.24) is 5.32 Å². The van der Waals surface area contributed by atoms with Gasteiger partial charge in [-0.25, -0.2) is 0 Å². The molecule has 1 aromatic rings. The number of rotatable bonds is 1. The van der Waals surface area contributed by atoms with Gasteiger partial charge in [0.25, 0.3) is 0 Å². The van der Waals surface area contributed by atoms with Crippen LogP contribution in [0.2, 0.25) is 0 Å². The molecule has 1 aliphatic rings. The third kappa shape index (κ3) is 1.71. The van der Waals surface area contributed by atoms with E-state index in [1.807, 2.05) is 24.3 Å². The highest BCUT2D eigenvalue weighted by molar-refractivity contribution is 7.89. The van der Waals surface area contributed by atoms with Gasteiger partial charge in [0.2, 0.25) is 0 Å². The molecule has 2 atom stereocenters. The summed E-state index contributed by atoms with van der Waals surface area (Å²) in [6.07, 6.45) is 0. The number of nitrogens with one attached hydrogen (secondary N) is 1. The van der Waals surface area contributed by atoms with Crippen molar-refractivity contribution < 1.29 is 4.55 Å². The minimum Gasteiger partial charge on any atom is -0.598 e. The Labute approximate surface area is 80.6 Å². The van der Waals surface area contributed by atoms with E-state index in [0.29, 0.717) is 6.54 Å². The second kappa shape index (κ2) is 3.67. The van der Waals surface area contributed by atoms with Crippen LogP contribution in [0.3, 0.4) is 0 Å². The van der Waals surface area contributed by atoms with Crippen LogP contribution >= 0.6 is 0 Å². The Bertz CT molecular complexity index is 303. The summed E-state index contributed by atoms with van der Waals surface area (Å²) in [5, 5.41) is 8.56. The topological polar surface area (TPSA) is 61.1 Å². The Morgan fingerprint density at radius 2 is 2.23 bits per heavy atom. The molecule has 1 aliphatic heterocycles. The van der Waals surface area contributed by atoms with Gasteiger partial charge < -0.3 is 9.87 Å². The van der Waals surface area contributed by atoms with Gasteiger partial charge in [-0.1, -0.05) is 24.3 Å². The summed E-state index contributed by atoms with van der Waals surface area (Å²) in [5.41, 5.74) is 2.33. The van der Waals surface area contributed by atoms with Crippen LogP contribution < -0.4 is 10.5 Å². The van der Waals surface area contributed by atoms with Crippen LogP contribution in [0.15, 0.2) is 24.3 Å². The largest absolute Gasteiger partial charge is 0.598 e. The second-order valence-corrected chi connectivity index (χ2v) is 4.37. The summed E-state index contributed by atoms with van der Waals surface area (Å²) in [5.74, 6) is 0. The minimum absolute atomic E-state index is 0.0510. The zero-order valence-corrected chi connectivity index (χ0v) is 8.01. The van der Waals surface area contributed by atoms with E-state index in [1.165, 1.54) is 5.56 Å². The highest BCUT2D eigenvalue weighted by Gasteiger charge is 2.27. The minimum atomic E-state index is -1.28. The van der Waals surface area contributed by atoms with Crippen LogP contribution in [0.25, 0.3) is 0 Å². The van der Waals surface area contributed by atoms with E-state index in [4.69, 9.17) is 5.14 Å². The van der Waals surface area contributed by atoms with Gasteiger partial charge in [0.15, 0.2) is 5.25 Å². The first-order valence-corrected chi connectivity index (χ1v) is 5.50. The predicted octanol–water partition coefficient (Wildman–Crippen LogP) is 0.453.